The lowest BCUT2D eigenvalue weighted by atomic mass is 9.82. The Hall–Kier alpha value is -0.570. The molecule has 0 aromatic rings. The van der Waals surface area contributed by atoms with Crippen LogP contribution < -0.4 is 5.32 Å². The van der Waals surface area contributed by atoms with Gasteiger partial charge in [-0.1, -0.05) is 40.0 Å². The summed E-state index contributed by atoms with van der Waals surface area (Å²) in [5.41, 5.74) is 0. The van der Waals surface area contributed by atoms with Gasteiger partial charge < -0.3 is 10.1 Å². The second-order valence-corrected chi connectivity index (χ2v) is 5.47. The van der Waals surface area contributed by atoms with E-state index >= 15 is 0 Å². The fourth-order valence-electron chi connectivity index (χ4n) is 2.81. The molecule has 0 radical (unpaired) electrons. The summed E-state index contributed by atoms with van der Waals surface area (Å²) in [5, 5.41) is 3.53. The zero-order valence-electron chi connectivity index (χ0n) is 11.7. The lowest BCUT2D eigenvalue weighted by Crippen LogP contribution is -2.50. The smallest absolute Gasteiger partial charge is 0.323 e. The molecule has 100 valence electrons. The topological polar surface area (TPSA) is 38.3 Å². The molecule has 1 fully saturated rings. The van der Waals surface area contributed by atoms with Crippen molar-refractivity contribution in [3.63, 3.8) is 0 Å². The van der Waals surface area contributed by atoms with Crippen LogP contribution in [0.5, 0.6) is 0 Å². The van der Waals surface area contributed by atoms with Crippen molar-refractivity contribution in [2.24, 2.45) is 11.8 Å². The summed E-state index contributed by atoms with van der Waals surface area (Å²) in [6.45, 7) is 6.38. The van der Waals surface area contributed by atoms with Crippen LogP contribution in [0.4, 0.5) is 0 Å². The first-order chi connectivity index (χ1) is 8.10. The van der Waals surface area contributed by atoms with Crippen LogP contribution in [0.25, 0.3) is 0 Å². The van der Waals surface area contributed by atoms with Gasteiger partial charge >= 0.3 is 5.97 Å². The van der Waals surface area contributed by atoms with Gasteiger partial charge in [0.15, 0.2) is 0 Å². The fraction of sp³-hybridized carbons (Fsp3) is 0.929. The summed E-state index contributed by atoms with van der Waals surface area (Å²) >= 11 is 0. The Labute approximate surface area is 105 Å². The number of hydrogen-bond donors (Lipinski definition) is 1. The van der Waals surface area contributed by atoms with Crippen molar-refractivity contribution in [1.82, 2.24) is 5.32 Å². The molecule has 3 nitrogen and oxygen atoms in total. The van der Waals surface area contributed by atoms with E-state index in [0.717, 1.165) is 5.92 Å². The molecule has 0 aromatic carbocycles. The van der Waals surface area contributed by atoms with Crippen LogP contribution in [0.3, 0.4) is 0 Å². The number of hydrogen-bond acceptors (Lipinski definition) is 3. The molecule has 0 aliphatic heterocycles. The molecule has 1 N–H and O–H groups in total. The van der Waals surface area contributed by atoms with E-state index in [-0.39, 0.29) is 17.9 Å². The van der Waals surface area contributed by atoms with Crippen molar-refractivity contribution in [2.75, 3.05) is 7.11 Å². The van der Waals surface area contributed by atoms with Crippen molar-refractivity contribution in [2.45, 2.75) is 65.0 Å². The average molecular weight is 241 g/mol. The molecule has 1 saturated carbocycles. The molecule has 1 aliphatic carbocycles. The number of carbonyl (C=O) groups excluding carboxylic acids is 1. The molecule has 0 aromatic heterocycles. The van der Waals surface area contributed by atoms with Gasteiger partial charge in [0.1, 0.15) is 6.04 Å². The highest BCUT2D eigenvalue weighted by Gasteiger charge is 2.30. The van der Waals surface area contributed by atoms with E-state index in [0.29, 0.717) is 6.04 Å². The highest BCUT2D eigenvalue weighted by molar-refractivity contribution is 5.75. The van der Waals surface area contributed by atoms with Crippen LogP contribution in [-0.2, 0) is 9.53 Å². The maximum absolute atomic E-state index is 11.7. The van der Waals surface area contributed by atoms with Gasteiger partial charge in [-0.3, -0.25) is 4.79 Å². The monoisotopic (exact) mass is 241 g/mol. The van der Waals surface area contributed by atoms with Crippen molar-refractivity contribution >= 4 is 5.97 Å². The van der Waals surface area contributed by atoms with Crippen LogP contribution in [-0.4, -0.2) is 25.2 Å². The third-order valence-electron chi connectivity index (χ3n) is 3.95. The SMILES string of the molecule is CCC1CCCCC1N[C@H](C(=O)OC)C(C)C. The minimum absolute atomic E-state index is 0.125. The predicted octanol–water partition coefficient (Wildman–Crippen LogP) is 2.74. The van der Waals surface area contributed by atoms with Gasteiger partial charge in [-0.05, 0) is 24.7 Å². The molecule has 3 atom stereocenters. The summed E-state index contributed by atoms with van der Waals surface area (Å²) in [6.07, 6.45) is 6.30. The lowest BCUT2D eigenvalue weighted by Gasteiger charge is -2.35. The molecule has 1 rings (SSSR count). The maximum atomic E-state index is 11.7. The molecule has 0 heterocycles. The standard InChI is InChI=1S/C14H27NO2/c1-5-11-8-6-7-9-12(11)15-13(10(2)3)14(16)17-4/h10-13,15H,5-9H2,1-4H3/t11?,12?,13-/m0/s1. The van der Waals surface area contributed by atoms with E-state index in [4.69, 9.17) is 4.74 Å². The number of methoxy groups -OCH3 is 1. The Morgan fingerprint density at radius 2 is 2.00 bits per heavy atom. The first-order valence-corrected chi connectivity index (χ1v) is 6.94. The number of carbonyl (C=O) groups is 1. The Balaban J connectivity index is 2.61. The number of ether oxygens (including phenoxy) is 1. The average Bonchev–Trinajstić information content (AvgIpc) is 2.35. The third-order valence-corrected chi connectivity index (χ3v) is 3.95. The number of rotatable bonds is 5. The van der Waals surface area contributed by atoms with Gasteiger partial charge in [0, 0.05) is 6.04 Å². The zero-order valence-corrected chi connectivity index (χ0v) is 11.7. The Kier molecular flexibility index (Phi) is 5.96. The Morgan fingerprint density at radius 3 is 2.53 bits per heavy atom. The van der Waals surface area contributed by atoms with Crippen molar-refractivity contribution < 1.29 is 9.53 Å². The molecular weight excluding hydrogens is 214 g/mol. The molecule has 2 unspecified atom stereocenters. The van der Waals surface area contributed by atoms with Crippen LogP contribution in [0, 0.1) is 11.8 Å². The summed E-state index contributed by atoms with van der Waals surface area (Å²) in [5.74, 6) is 0.872. The zero-order chi connectivity index (χ0) is 12.8. The minimum Gasteiger partial charge on any atom is -0.468 e. The lowest BCUT2D eigenvalue weighted by molar-refractivity contribution is -0.144. The second kappa shape index (κ2) is 7.00. The van der Waals surface area contributed by atoms with E-state index in [1.807, 2.05) is 0 Å². The molecule has 1 aliphatic rings. The van der Waals surface area contributed by atoms with Gasteiger partial charge in [-0.15, -0.1) is 0 Å². The molecule has 0 bridgehead atoms. The number of esters is 1. The van der Waals surface area contributed by atoms with Crippen molar-refractivity contribution in [3.8, 4) is 0 Å². The third kappa shape index (κ3) is 3.98. The van der Waals surface area contributed by atoms with Gasteiger partial charge in [0.05, 0.1) is 7.11 Å². The Bertz CT molecular complexity index is 240. The van der Waals surface area contributed by atoms with Crippen LogP contribution in [0.15, 0.2) is 0 Å². The van der Waals surface area contributed by atoms with E-state index in [1.54, 1.807) is 0 Å². The van der Waals surface area contributed by atoms with Gasteiger partial charge in [-0.25, -0.2) is 0 Å². The fourth-order valence-corrected chi connectivity index (χ4v) is 2.81. The van der Waals surface area contributed by atoms with E-state index in [9.17, 15) is 4.79 Å². The highest BCUT2D eigenvalue weighted by atomic mass is 16.5. The largest absolute Gasteiger partial charge is 0.468 e. The Morgan fingerprint density at radius 1 is 1.35 bits per heavy atom. The number of nitrogens with one attached hydrogen (secondary N) is 1. The molecule has 17 heavy (non-hydrogen) atoms. The predicted molar refractivity (Wildman–Crippen MR) is 69.8 cm³/mol. The normalized spacial score (nSPS) is 26.9. The summed E-state index contributed by atoms with van der Waals surface area (Å²) in [4.78, 5) is 11.7. The van der Waals surface area contributed by atoms with Gasteiger partial charge in [0.25, 0.3) is 0 Å². The molecule has 0 amide bonds. The summed E-state index contributed by atoms with van der Waals surface area (Å²) < 4.78 is 4.88. The minimum atomic E-state index is -0.155. The molecule has 0 saturated heterocycles. The summed E-state index contributed by atoms with van der Waals surface area (Å²) in [6, 6.07) is 0.331. The second-order valence-electron chi connectivity index (χ2n) is 5.47. The first kappa shape index (κ1) is 14.5. The highest BCUT2D eigenvalue weighted by Crippen LogP contribution is 2.27. The van der Waals surface area contributed by atoms with Crippen molar-refractivity contribution in [3.05, 3.63) is 0 Å². The van der Waals surface area contributed by atoms with Gasteiger partial charge in [-0.2, -0.15) is 0 Å². The first-order valence-electron chi connectivity index (χ1n) is 6.94. The molecule has 0 spiro atoms. The van der Waals surface area contributed by atoms with Crippen LogP contribution >= 0.6 is 0 Å². The van der Waals surface area contributed by atoms with Crippen LogP contribution in [0.1, 0.15) is 52.9 Å². The summed E-state index contributed by atoms with van der Waals surface area (Å²) in [7, 11) is 1.47. The van der Waals surface area contributed by atoms with E-state index in [1.165, 1.54) is 39.2 Å². The maximum Gasteiger partial charge on any atom is 0.323 e. The quantitative estimate of drug-likeness (QED) is 0.752. The molecular formula is C14H27NO2. The van der Waals surface area contributed by atoms with E-state index < -0.39 is 0 Å². The van der Waals surface area contributed by atoms with Crippen molar-refractivity contribution in [1.29, 1.82) is 0 Å². The van der Waals surface area contributed by atoms with Gasteiger partial charge in [0.2, 0.25) is 0 Å². The van der Waals surface area contributed by atoms with E-state index in [2.05, 4.69) is 26.1 Å². The van der Waals surface area contributed by atoms with Crippen LogP contribution in [0.2, 0.25) is 0 Å². The molecule has 3 heteroatoms.